The van der Waals surface area contributed by atoms with Crippen molar-refractivity contribution in [1.29, 1.82) is 0 Å². The largest absolute Gasteiger partial charge is 0.495 e. The Morgan fingerprint density at radius 3 is 2.71 bits per heavy atom. The molecular weight excluding hydrogens is 568 g/mol. The van der Waals surface area contributed by atoms with Gasteiger partial charge in [0.25, 0.3) is 0 Å². The van der Waals surface area contributed by atoms with Crippen molar-refractivity contribution in [3.05, 3.63) is 47.9 Å². The second-order valence-corrected chi connectivity index (χ2v) is 12.0. The maximum absolute atomic E-state index is 14.4. The molecule has 3 aromatic rings. The molecule has 1 aliphatic heterocycles. The number of pyridine rings is 1. The van der Waals surface area contributed by atoms with Crippen LogP contribution in [-0.4, -0.2) is 84.0 Å². The Balaban J connectivity index is 1.48. The quantitative estimate of drug-likeness (QED) is 0.178. The average Bonchev–Trinajstić information content (AvgIpc) is 3.25. The second-order valence-electron chi connectivity index (χ2n) is 10.8. The zero-order chi connectivity index (χ0) is 30.4. The number of hydrogen-bond acceptors (Lipinski definition) is 7. The number of ether oxygens (including phenoxy) is 1. The molecule has 0 spiro atoms. The van der Waals surface area contributed by atoms with Crippen molar-refractivity contribution in [3.8, 4) is 17.6 Å². The molecule has 2 unspecified atom stereocenters. The number of rotatable bonds is 10. The normalized spacial score (nSPS) is 18.0. The molecule has 4 rings (SSSR count). The Labute approximate surface area is 249 Å². The summed E-state index contributed by atoms with van der Waals surface area (Å²) in [5.41, 5.74) is 1.95. The number of alkyl halides is 4. The number of methoxy groups -OCH3 is 1. The summed E-state index contributed by atoms with van der Waals surface area (Å²) in [5, 5.41) is 7.01. The summed E-state index contributed by atoms with van der Waals surface area (Å²) in [5.74, 6) is 6.49. The van der Waals surface area contributed by atoms with Gasteiger partial charge in [0.15, 0.2) is 0 Å². The Hall–Kier alpha value is -2.98. The van der Waals surface area contributed by atoms with Gasteiger partial charge in [-0.1, -0.05) is 5.92 Å². The summed E-state index contributed by atoms with van der Waals surface area (Å²) in [6.45, 7) is 4.74. The predicted octanol–water partition coefficient (Wildman–Crippen LogP) is 5.55. The van der Waals surface area contributed by atoms with Crippen LogP contribution in [0.2, 0.25) is 0 Å². The number of piperidine rings is 1. The van der Waals surface area contributed by atoms with Gasteiger partial charge in [-0.05, 0) is 89.1 Å². The lowest BCUT2D eigenvalue weighted by atomic mass is 10.0. The molecule has 0 amide bonds. The molecule has 3 heterocycles. The van der Waals surface area contributed by atoms with Gasteiger partial charge in [0.2, 0.25) is 0 Å². The van der Waals surface area contributed by atoms with Crippen molar-refractivity contribution in [2.75, 3.05) is 46.2 Å². The minimum Gasteiger partial charge on any atom is -0.495 e. The fourth-order valence-corrected chi connectivity index (χ4v) is 5.53. The lowest BCUT2D eigenvalue weighted by Crippen LogP contribution is -2.49. The average molecular weight is 607 g/mol. The molecular formula is C30H38F4N6OS. The highest BCUT2D eigenvalue weighted by Gasteiger charge is 2.30. The highest BCUT2D eigenvalue weighted by Crippen LogP contribution is 2.32. The highest BCUT2D eigenvalue weighted by atomic mass is 32.2. The summed E-state index contributed by atoms with van der Waals surface area (Å²) in [6.07, 6.45) is -3.30. The van der Waals surface area contributed by atoms with Gasteiger partial charge in [0.05, 0.1) is 42.4 Å². The van der Waals surface area contributed by atoms with E-state index < -0.39 is 18.9 Å². The van der Waals surface area contributed by atoms with Crippen LogP contribution >= 0.6 is 11.9 Å². The minimum atomic E-state index is -4.43. The molecule has 12 heteroatoms. The van der Waals surface area contributed by atoms with Crippen LogP contribution in [-0.2, 0) is 13.1 Å². The van der Waals surface area contributed by atoms with Gasteiger partial charge in [0.1, 0.15) is 18.5 Å². The van der Waals surface area contributed by atoms with E-state index in [0.29, 0.717) is 47.9 Å². The van der Waals surface area contributed by atoms with Crippen molar-refractivity contribution < 1.29 is 22.3 Å². The van der Waals surface area contributed by atoms with E-state index in [0.717, 1.165) is 21.7 Å². The van der Waals surface area contributed by atoms with Gasteiger partial charge >= 0.3 is 6.18 Å². The lowest BCUT2D eigenvalue weighted by Gasteiger charge is -2.32. The first kappa shape index (κ1) is 31.9. The van der Waals surface area contributed by atoms with Crippen molar-refractivity contribution in [2.24, 2.45) is 0 Å². The maximum atomic E-state index is 14.4. The lowest BCUT2D eigenvalue weighted by molar-refractivity contribution is -0.140. The molecule has 1 aromatic carbocycles. The van der Waals surface area contributed by atoms with Gasteiger partial charge in [0, 0.05) is 35.5 Å². The molecule has 0 bridgehead atoms. The molecule has 1 aliphatic rings. The van der Waals surface area contributed by atoms with Gasteiger partial charge in [-0.25, -0.2) is 8.70 Å². The van der Waals surface area contributed by atoms with E-state index in [-0.39, 0.29) is 18.3 Å². The number of nitrogens with zero attached hydrogens (tertiary/aromatic N) is 4. The Morgan fingerprint density at radius 1 is 1.24 bits per heavy atom. The summed E-state index contributed by atoms with van der Waals surface area (Å²) >= 11 is 1.61. The van der Waals surface area contributed by atoms with Crippen molar-refractivity contribution in [2.45, 2.75) is 62.7 Å². The number of halogens is 4. The zero-order valence-corrected chi connectivity index (χ0v) is 25.4. The van der Waals surface area contributed by atoms with Crippen LogP contribution in [0.1, 0.15) is 31.7 Å². The van der Waals surface area contributed by atoms with Crippen LogP contribution in [0.5, 0.6) is 5.75 Å². The molecule has 42 heavy (non-hydrogen) atoms. The number of aromatic nitrogens is 2. The third kappa shape index (κ3) is 8.53. The Morgan fingerprint density at radius 2 is 2.02 bits per heavy atom. The Bertz CT molecular complexity index is 1420. The summed E-state index contributed by atoms with van der Waals surface area (Å²) in [6, 6.07) is 9.28. The topological polar surface area (TPSA) is 57.6 Å². The monoisotopic (exact) mass is 606 g/mol. The van der Waals surface area contributed by atoms with Crippen LogP contribution in [0.4, 0.5) is 23.2 Å². The first-order valence-electron chi connectivity index (χ1n) is 13.9. The van der Waals surface area contributed by atoms with Crippen LogP contribution in [0.25, 0.3) is 10.9 Å². The predicted molar refractivity (Wildman–Crippen MR) is 161 cm³/mol. The summed E-state index contributed by atoms with van der Waals surface area (Å²) in [7, 11) is 5.50. The highest BCUT2D eigenvalue weighted by molar-refractivity contribution is 7.97. The molecule has 228 valence electrons. The van der Waals surface area contributed by atoms with Crippen LogP contribution in [0.3, 0.4) is 0 Å². The number of benzene rings is 1. The number of fused-ring (bicyclic) bond motifs is 1. The first-order valence-corrected chi connectivity index (χ1v) is 14.6. The van der Waals surface area contributed by atoms with E-state index in [2.05, 4.69) is 45.6 Å². The first-order chi connectivity index (χ1) is 19.9. The van der Waals surface area contributed by atoms with E-state index in [1.54, 1.807) is 31.2 Å². The molecule has 7 nitrogen and oxygen atoms in total. The van der Waals surface area contributed by atoms with Gasteiger partial charge in [-0.2, -0.15) is 13.2 Å². The van der Waals surface area contributed by atoms with E-state index in [9.17, 15) is 17.6 Å². The standard InChI is InChI=1S/C30H38F4N6OS/c1-20(2)39(4)42-24-8-9-27(29(15-24)41-5)35-11-6-7-23-14-21-13-22(16-37-26-10-12-38(3)18-25(26)31)36-17-28(21)40(23)19-30(32,33)34/h8-9,13-15,17,20,25-26,35,37H,10-12,16,18-19H2,1-5H3. The SMILES string of the molecule is COc1cc(SN(C)C(C)C)ccc1NCC#Cc1cc2cc(CNC3CCN(C)CC3F)ncc2n1CC(F)(F)F. The van der Waals surface area contributed by atoms with Gasteiger partial charge in [-0.15, -0.1) is 0 Å². The van der Waals surface area contributed by atoms with Crippen LogP contribution in [0.15, 0.2) is 41.4 Å². The number of nitrogens with one attached hydrogen (secondary N) is 2. The molecule has 1 saturated heterocycles. The van der Waals surface area contributed by atoms with Crippen molar-refractivity contribution >= 4 is 28.5 Å². The zero-order valence-electron chi connectivity index (χ0n) is 24.6. The molecule has 1 fully saturated rings. The molecule has 2 N–H and O–H groups in total. The molecule has 2 aromatic heterocycles. The molecule has 2 atom stereocenters. The van der Waals surface area contributed by atoms with E-state index in [4.69, 9.17) is 4.74 Å². The minimum absolute atomic E-state index is 0.205. The van der Waals surface area contributed by atoms with E-state index >= 15 is 0 Å². The maximum Gasteiger partial charge on any atom is 0.406 e. The number of hydrogen-bond donors (Lipinski definition) is 2. The summed E-state index contributed by atoms with van der Waals surface area (Å²) in [4.78, 5) is 7.34. The second kappa shape index (κ2) is 14.0. The smallest absolute Gasteiger partial charge is 0.406 e. The molecule has 0 aliphatic carbocycles. The Kier molecular flexibility index (Phi) is 10.6. The fourth-order valence-electron chi connectivity index (χ4n) is 4.70. The van der Waals surface area contributed by atoms with E-state index in [1.165, 1.54) is 6.20 Å². The number of likely N-dealkylation sites (tertiary alicyclic amines) is 1. The molecule has 0 radical (unpaired) electrons. The number of anilines is 1. The van der Waals surface area contributed by atoms with Gasteiger partial charge < -0.3 is 24.8 Å². The van der Waals surface area contributed by atoms with Crippen molar-refractivity contribution in [3.63, 3.8) is 0 Å². The van der Waals surface area contributed by atoms with Crippen LogP contribution < -0.4 is 15.4 Å². The third-order valence-electron chi connectivity index (χ3n) is 7.20. The summed E-state index contributed by atoms with van der Waals surface area (Å²) < 4.78 is 63.6. The van der Waals surface area contributed by atoms with Crippen LogP contribution in [0, 0.1) is 11.8 Å². The fraction of sp³-hybridized carbons (Fsp3) is 0.500. The van der Waals surface area contributed by atoms with Crippen molar-refractivity contribution in [1.82, 2.24) is 24.1 Å². The molecule has 0 saturated carbocycles. The van der Waals surface area contributed by atoms with Gasteiger partial charge in [-0.3, -0.25) is 4.98 Å². The van der Waals surface area contributed by atoms with E-state index in [1.807, 2.05) is 37.2 Å². The third-order valence-corrected chi connectivity index (χ3v) is 8.38.